The van der Waals surface area contributed by atoms with E-state index in [1.807, 2.05) is 25.1 Å². The van der Waals surface area contributed by atoms with E-state index in [1.165, 1.54) is 5.56 Å². The molecule has 2 heteroatoms. The highest BCUT2D eigenvalue weighted by atomic mass is 16.7. The Labute approximate surface area is 78.5 Å². The zero-order valence-corrected chi connectivity index (χ0v) is 7.77. The van der Waals surface area contributed by atoms with Crippen LogP contribution in [0.15, 0.2) is 30.3 Å². The lowest BCUT2D eigenvalue weighted by Crippen LogP contribution is -2.28. The van der Waals surface area contributed by atoms with Crippen molar-refractivity contribution in [1.82, 2.24) is 0 Å². The second-order valence-corrected chi connectivity index (χ2v) is 3.34. The van der Waals surface area contributed by atoms with Crippen molar-refractivity contribution in [1.29, 1.82) is 0 Å². The summed E-state index contributed by atoms with van der Waals surface area (Å²) in [6.07, 6.45) is -0.0417. The minimum Gasteiger partial charge on any atom is -0.352 e. The maximum Gasteiger partial charge on any atom is 0.154 e. The smallest absolute Gasteiger partial charge is 0.154 e. The number of rotatable bonds is 1. The molecule has 0 aromatic heterocycles. The Morgan fingerprint density at radius 1 is 1.08 bits per heavy atom. The van der Waals surface area contributed by atoms with Gasteiger partial charge in [0.15, 0.2) is 6.29 Å². The third-order valence-electron chi connectivity index (χ3n) is 2.34. The van der Waals surface area contributed by atoms with E-state index in [0.29, 0.717) is 5.92 Å². The molecule has 0 bridgehead atoms. The van der Waals surface area contributed by atoms with Gasteiger partial charge in [0.1, 0.15) is 0 Å². The molecule has 1 aliphatic rings. The van der Waals surface area contributed by atoms with E-state index in [-0.39, 0.29) is 6.29 Å². The molecule has 0 saturated carbocycles. The fraction of sp³-hybridized carbons (Fsp3) is 0.455. The van der Waals surface area contributed by atoms with Gasteiger partial charge in [0.2, 0.25) is 0 Å². The van der Waals surface area contributed by atoms with Gasteiger partial charge in [-0.2, -0.15) is 0 Å². The van der Waals surface area contributed by atoms with E-state index in [4.69, 9.17) is 9.47 Å². The molecule has 0 unspecified atom stereocenters. The quantitative estimate of drug-likeness (QED) is 0.656. The van der Waals surface area contributed by atoms with Crippen molar-refractivity contribution in [3.05, 3.63) is 35.9 Å². The van der Waals surface area contributed by atoms with Gasteiger partial charge in [-0.3, -0.25) is 0 Å². The summed E-state index contributed by atoms with van der Waals surface area (Å²) in [4.78, 5) is 0. The maximum atomic E-state index is 5.42. The van der Waals surface area contributed by atoms with E-state index in [9.17, 15) is 0 Å². The van der Waals surface area contributed by atoms with Crippen LogP contribution in [0.25, 0.3) is 0 Å². The van der Waals surface area contributed by atoms with Crippen molar-refractivity contribution >= 4 is 0 Å². The van der Waals surface area contributed by atoms with E-state index >= 15 is 0 Å². The monoisotopic (exact) mass is 178 g/mol. The molecule has 0 aliphatic carbocycles. The minimum absolute atomic E-state index is 0.0417. The van der Waals surface area contributed by atoms with Gasteiger partial charge in [0.05, 0.1) is 13.2 Å². The minimum atomic E-state index is -0.0417. The highest BCUT2D eigenvalue weighted by Crippen LogP contribution is 2.21. The van der Waals surface area contributed by atoms with Gasteiger partial charge in [-0.05, 0) is 12.5 Å². The fourth-order valence-corrected chi connectivity index (χ4v) is 1.52. The van der Waals surface area contributed by atoms with Gasteiger partial charge >= 0.3 is 0 Å². The summed E-state index contributed by atoms with van der Waals surface area (Å²) >= 11 is 0. The van der Waals surface area contributed by atoms with E-state index < -0.39 is 0 Å². The van der Waals surface area contributed by atoms with Gasteiger partial charge < -0.3 is 9.47 Å². The first kappa shape index (κ1) is 8.73. The van der Waals surface area contributed by atoms with Crippen LogP contribution in [-0.2, 0) is 9.47 Å². The summed E-state index contributed by atoms with van der Waals surface area (Å²) in [5.41, 5.74) is 1.30. The SMILES string of the molecule is CC1OCC(c2ccccc2)CO1. The molecule has 1 saturated heterocycles. The van der Waals surface area contributed by atoms with Crippen LogP contribution < -0.4 is 0 Å². The number of hydrogen-bond donors (Lipinski definition) is 0. The van der Waals surface area contributed by atoms with Crippen LogP contribution in [0.1, 0.15) is 18.4 Å². The van der Waals surface area contributed by atoms with E-state index in [0.717, 1.165) is 13.2 Å². The van der Waals surface area contributed by atoms with Crippen molar-refractivity contribution < 1.29 is 9.47 Å². The fourth-order valence-electron chi connectivity index (χ4n) is 1.52. The second-order valence-electron chi connectivity index (χ2n) is 3.34. The van der Waals surface area contributed by atoms with Gasteiger partial charge in [-0.15, -0.1) is 0 Å². The molecule has 2 nitrogen and oxygen atoms in total. The largest absolute Gasteiger partial charge is 0.352 e. The highest BCUT2D eigenvalue weighted by molar-refractivity contribution is 5.19. The van der Waals surface area contributed by atoms with Crippen molar-refractivity contribution in [2.24, 2.45) is 0 Å². The van der Waals surface area contributed by atoms with Crippen LogP contribution in [0.4, 0.5) is 0 Å². The number of benzene rings is 1. The van der Waals surface area contributed by atoms with Crippen LogP contribution in [-0.4, -0.2) is 19.5 Å². The third kappa shape index (κ3) is 2.08. The average Bonchev–Trinajstić information content (AvgIpc) is 2.20. The maximum absolute atomic E-state index is 5.42. The van der Waals surface area contributed by atoms with E-state index in [1.54, 1.807) is 0 Å². The zero-order valence-electron chi connectivity index (χ0n) is 7.77. The predicted octanol–water partition coefficient (Wildman–Crippen LogP) is 2.16. The Morgan fingerprint density at radius 2 is 1.69 bits per heavy atom. The number of ether oxygens (including phenoxy) is 2. The van der Waals surface area contributed by atoms with Crippen LogP contribution >= 0.6 is 0 Å². The molecular weight excluding hydrogens is 164 g/mol. The van der Waals surface area contributed by atoms with Gasteiger partial charge in [0, 0.05) is 5.92 Å². The summed E-state index contributed by atoms with van der Waals surface area (Å²) in [5.74, 6) is 0.400. The van der Waals surface area contributed by atoms with E-state index in [2.05, 4.69) is 12.1 Å². The van der Waals surface area contributed by atoms with Crippen LogP contribution in [0.5, 0.6) is 0 Å². The highest BCUT2D eigenvalue weighted by Gasteiger charge is 2.19. The summed E-state index contributed by atoms with van der Waals surface area (Å²) in [5, 5.41) is 0. The van der Waals surface area contributed by atoms with Crippen LogP contribution in [0.3, 0.4) is 0 Å². The van der Waals surface area contributed by atoms with Crippen LogP contribution in [0, 0.1) is 0 Å². The molecule has 1 heterocycles. The molecule has 1 aromatic rings. The van der Waals surface area contributed by atoms with Crippen LogP contribution in [0.2, 0.25) is 0 Å². The van der Waals surface area contributed by atoms with Crippen molar-refractivity contribution in [2.45, 2.75) is 19.1 Å². The Bertz CT molecular complexity index is 250. The Kier molecular flexibility index (Phi) is 2.62. The summed E-state index contributed by atoms with van der Waals surface area (Å²) in [7, 11) is 0. The molecule has 0 radical (unpaired) electrons. The molecule has 1 fully saturated rings. The molecule has 13 heavy (non-hydrogen) atoms. The summed E-state index contributed by atoms with van der Waals surface area (Å²) in [6, 6.07) is 10.4. The molecule has 0 amide bonds. The molecule has 0 N–H and O–H groups in total. The standard InChI is InChI=1S/C11H14O2/c1-9-12-7-11(8-13-9)10-5-3-2-4-6-10/h2-6,9,11H,7-8H2,1H3. The van der Waals surface area contributed by atoms with Gasteiger partial charge in [-0.1, -0.05) is 30.3 Å². The molecule has 0 atom stereocenters. The normalized spacial score (nSPS) is 28.7. The van der Waals surface area contributed by atoms with Gasteiger partial charge in [-0.25, -0.2) is 0 Å². The summed E-state index contributed by atoms with van der Waals surface area (Å²) < 4.78 is 10.8. The lowest BCUT2D eigenvalue weighted by Gasteiger charge is -2.27. The lowest BCUT2D eigenvalue weighted by atomic mass is 10.0. The van der Waals surface area contributed by atoms with Crippen molar-refractivity contribution in [2.75, 3.05) is 13.2 Å². The zero-order chi connectivity index (χ0) is 9.10. The summed E-state index contributed by atoms with van der Waals surface area (Å²) in [6.45, 7) is 3.47. The lowest BCUT2D eigenvalue weighted by molar-refractivity contribution is -0.176. The average molecular weight is 178 g/mol. The first-order valence-corrected chi connectivity index (χ1v) is 4.64. The van der Waals surface area contributed by atoms with Crippen molar-refractivity contribution in [3.63, 3.8) is 0 Å². The Morgan fingerprint density at radius 3 is 2.31 bits per heavy atom. The Hall–Kier alpha value is -0.860. The molecule has 1 aromatic carbocycles. The molecule has 2 rings (SSSR count). The first-order chi connectivity index (χ1) is 6.36. The second kappa shape index (κ2) is 3.90. The Balaban J connectivity index is 2.03. The first-order valence-electron chi connectivity index (χ1n) is 4.64. The van der Waals surface area contributed by atoms with Crippen molar-refractivity contribution in [3.8, 4) is 0 Å². The van der Waals surface area contributed by atoms with Gasteiger partial charge in [0.25, 0.3) is 0 Å². The topological polar surface area (TPSA) is 18.5 Å². The third-order valence-corrected chi connectivity index (χ3v) is 2.34. The predicted molar refractivity (Wildman–Crippen MR) is 50.5 cm³/mol. The number of hydrogen-bond acceptors (Lipinski definition) is 2. The molecule has 0 spiro atoms. The molecular formula is C11H14O2. The molecule has 1 aliphatic heterocycles. The molecule has 70 valence electrons.